The van der Waals surface area contributed by atoms with E-state index in [0.717, 1.165) is 5.92 Å². The molecular formula is C8H15. The molecule has 1 fully saturated rings. The average molecular weight is 111 g/mol. The van der Waals surface area contributed by atoms with Crippen LogP contribution in [0.3, 0.4) is 0 Å². The quantitative estimate of drug-likeness (QED) is 0.488. The normalized spacial score (nSPS) is 31.5. The lowest BCUT2D eigenvalue weighted by Gasteiger charge is -2.09. The van der Waals surface area contributed by atoms with Crippen molar-refractivity contribution in [2.24, 2.45) is 5.92 Å². The highest BCUT2D eigenvalue weighted by atomic mass is 14.3. The molecule has 1 aliphatic carbocycles. The molecule has 0 nitrogen and oxygen atoms in total. The van der Waals surface area contributed by atoms with E-state index in [4.69, 9.17) is 0 Å². The summed E-state index contributed by atoms with van der Waals surface area (Å²) in [5.41, 5.74) is 0. The lowest BCUT2D eigenvalue weighted by atomic mass is 9.96. The van der Waals surface area contributed by atoms with E-state index >= 15 is 0 Å². The Hall–Kier alpha value is 0. The molecule has 0 N–H and O–H groups in total. The maximum atomic E-state index is 2.35. The molecule has 1 unspecified atom stereocenters. The molecule has 8 heavy (non-hydrogen) atoms. The smallest absolute Gasteiger partial charge is 0.0215 e. The van der Waals surface area contributed by atoms with Crippen molar-refractivity contribution in [2.75, 3.05) is 0 Å². The van der Waals surface area contributed by atoms with Crippen LogP contribution in [-0.4, -0.2) is 0 Å². The highest BCUT2D eigenvalue weighted by Gasteiger charge is 2.21. The highest BCUT2D eigenvalue weighted by molar-refractivity contribution is 4.98. The molecule has 0 heteroatoms. The maximum absolute atomic E-state index is 2.35. The molecular weight excluding hydrogens is 96.1 g/mol. The van der Waals surface area contributed by atoms with Crippen LogP contribution in [0.1, 0.15) is 39.5 Å². The molecule has 1 atom stereocenters. The molecule has 0 bridgehead atoms. The minimum absolute atomic E-state index is 0.944. The van der Waals surface area contributed by atoms with Crippen LogP contribution >= 0.6 is 0 Å². The van der Waals surface area contributed by atoms with E-state index in [0.29, 0.717) is 0 Å². The summed E-state index contributed by atoms with van der Waals surface area (Å²) in [4.78, 5) is 0. The van der Waals surface area contributed by atoms with Crippen LogP contribution in [0.25, 0.3) is 0 Å². The Morgan fingerprint density at radius 2 is 2.38 bits per heavy atom. The molecule has 1 radical (unpaired) electrons. The first-order valence-corrected chi connectivity index (χ1v) is 3.69. The molecule has 1 aliphatic rings. The van der Waals surface area contributed by atoms with Crippen LogP contribution in [0.5, 0.6) is 0 Å². The van der Waals surface area contributed by atoms with Crippen molar-refractivity contribution in [1.29, 1.82) is 0 Å². The number of rotatable bonds is 1. The summed E-state index contributed by atoms with van der Waals surface area (Å²) in [6.07, 6.45) is 5.63. The van der Waals surface area contributed by atoms with Gasteiger partial charge in [0.05, 0.1) is 0 Å². The topological polar surface area (TPSA) is 0 Å². The molecule has 0 aromatic rings. The zero-order valence-electron chi connectivity index (χ0n) is 5.91. The van der Waals surface area contributed by atoms with Gasteiger partial charge in [0.1, 0.15) is 0 Å². The van der Waals surface area contributed by atoms with Crippen molar-refractivity contribution in [2.45, 2.75) is 39.5 Å². The molecule has 0 aliphatic heterocycles. The van der Waals surface area contributed by atoms with E-state index in [1.807, 2.05) is 0 Å². The van der Waals surface area contributed by atoms with E-state index < -0.39 is 0 Å². The second kappa shape index (κ2) is 2.52. The first kappa shape index (κ1) is 6.12. The number of hydrogen-bond donors (Lipinski definition) is 0. The van der Waals surface area contributed by atoms with Gasteiger partial charge >= 0.3 is 0 Å². The Bertz CT molecular complexity index is 66.4. The summed E-state index contributed by atoms with van der Waals surface area (Å²) in [5.74, 6) is 2.74. The first-order chi connectivity index (χ1) is 3.84. The fourth-order valence-electron chi connectivity index (χ4n) is 1.61. The fourth-order valence-corrected chi connectivity index (χ4v) is 1.61. The van der Waals surface area contributed by atoms with Gasteiger partial charge < -0.3 is 0 Å². The van der Waals surface area contributed by atoms with Crippen molar-refractivity contribution >= 4 is 0 Å². The average Bonchev–Trinajstić information content (AvgIpc) is 2.14. The van der Waals surface area contributed by atoms with Gasteiger partial charge in [-0.05, 0) is 24.7 Å². The summed E-state index contributed by atoms with van der Waals surface area (Å²) >= 11 is 0. The first-order valence-electron chi connectivity index (χ1n) is 3.69. The molecule has 0 heterocycles. The minimum atomic E-state index is 0.944. The Kier molecular flexibility index (Phi) is 1.93. The lowest BCUT2D eigenvalue weighted by molar-refractivity contribution is 0.613. The van der Waals surface area contributed by atoms with Crippen LogP contribution in [0.15, 0.2) is 0 Å². The Balaban J connectivity index is 2.30. The predicted octanol–water partition coefficient (Wildman–Crippen LogP) is 2.79. The van der Waals surface area contributed by atoms with E-state index in [1.165, 1.54) is 25.7 Å². The largest absolute Gasteiger partial charge is 0.0648 e. The SMILES string of the molecule is CC[C]1CCCC1C. The predicted molar refractivity (Wildman–Crippen MR) is 36.5 cm³/mol. The number of hydrogen-bond acceptors (Lipinski definition) is 0. The van der Waals surface area contributed by atoms with Crippen molar-refractivity contribution in [3.8, 4) is 0 Å². The van der Waals surface area contributed by atoms with Crippen LogP contribution in [0.4, 0.5) is 0 Å². The maximum Gasteiger partial charge on any atom is -0.0215 e. The van der Waals surface area contributed by atoms with Crippen LogP contribution in [-0.2, 0) is 0 Å². The summed E-state index contributed by atoms with van der Waals surface area (Å²) in [6, 6.07) is 0. The summed E-state index contributed by atoms with van der Waals surface area (Å²) in [5, 5.41) is 0. The zero-order valence-corrected chi connectivity index (χ0v) is 5.91. The third kappa shape index (κ3) is 1.04. The molecule has 0 saturated heterocycles. The van der Waals surface area contributed by atoms with Crippen LogP contribution in [0.2, 0.25) is 0 Å². The van der Waals surface area contributed by atoms with Gasteiger partial charge in [-0.1, -0.05) is 26.7 Å². The summed E-state index contributed by atoms with van der Waals surface area (Å²) < 4.78 is 0. The second-order valence-corrected chi connectivity index (χ2v) is 2.81. The van der Waals surface area contributed by atoms with E-state index in [2.05, 4.69) is 13.8 Å². The molecule has 1 saturated carbocycles. The molecule has 0 amide bonds. The van der Waals surface area contributed by atoms with Crippen LogP contribution < -0.4 is 0 Å². The third-order valence-corrected chi connectivity index (χ3v) is 2.29. The molecule has 0 aromatic heterocycles. The zero-order chi connectivity index (χ0) is 5.98. The standard InChI is InChI=1S/C8H15/c1-3-8-6-4-5-7(8)2/h7H,3-6H2,1-2H3. The Labute approximate surface area is 52.3 Å². The van der Waals surface area contributed by atoms with E-state index in [1.54, 1.807) is 5.92 Å². The van der Waals surface area contributed by atoms with Crippen molar-refractivity contribution in [3.63, 3.8) is 0 Å². The van der Waals surface area contributed by atoms with Crippen molar-refractivity contribution in [3.05, 3.63) is 5.92 Å². The fraction of sp³-hybridized carbons (Fsp3) is 0.875. The van der Waals surface area contributed by atoms with E-state index in [9.17, 15) is 0 Å². The van der Waals surface area contributed by atoms with Gasteiger partial charge in [-0.15, -0.1) is 0 Å². The summed E-state index contributed by atoms with van der Waals surface area (Å²) in [7, 11) is 0. The third-order valence-electron chi connectivity index (χ3n) is 2.29. The van der Waals surface area contributed by atoms with Gasteiger partial charge in [-0.25, -0.2) is 0 Å². The Morgan fingerprint density at radius 1 is 1.62 bits per heavy atom. The van der Waals surface area contributed by atoms with Gasteiger partial charge in [0, 0.05) is 0 Å². The lowest BCUT2D eigenvalue weighted by Crippen LogP contribution is -1.97. The van der Waals surface area contributed by atoms with Crippen molar-refractivity contribution < 1.29 is 0 Å². The van der Waals surface area contributed by atoms with Gasteiger partial charge in [0.25, 0.3) is 0 Å². The molecule has 47 valence electrons. The monoisotopic (exact) mass is 111 g/mol. The van der Waals surface area contributed by atoms with Gasteiger partial charge in [-0.3, -0.25) is 0 Å². The molecule has 1 rings (SSSR count). The van der Waals surface area contributed by atoms with Gasteiger partial charge in [0.2, 0.25) is 0 Å². The second-order valence-electron chi connectivity index (χ2n) is 2.81. The van der Waals surface area contributed by atoms with Gasteiger partial charge in [-0.2, -0.15) is 0 Å². The molecule has 0 spiro atoms. The minimum Gasteiger partial charge on any atom is -0.0648 e. The van der Waals surface area contributed by atoms with Crippen LogP contribution in [0, 0.1) is 11.8 Å². The highest BCUT2D eigenvalue weighted by Crippen LogP contribution is 2.34. The van der Waals surface area contributed by atoms with E-state index in [-0.39, 0.29) is 0 Å². The Morgan fingerprint density at radius 3 is 2.62 bits per heavy atom. The van der Waals surface area contributed by atoms with Crippen molar-refractivity contribution in [1.82, 2.24) is 0 Å². The van der Waals surface area contributed by atoms with Gasteiger partial charge in [0.15, 0.2) is 0 Å². The molecule has 0 aromatic carbocycles. The summed E-state index contributed by atoms with van der Waals surface area (Å²) in [6.45, 7) is 4.63.